The third kappa shape index (κ3) is 3.58. The molecular weight excluding hydrogens is 278 g/mol. The van der Waals surface area contributed by atoms with E-state index in [9.17, 15) is 0 Å². The van der Waals surface area contributed by atoms with Crippen LogP contribution < -0.4 is 0 Å². The van der Waals surface area contributed by atoms with Crippen LogP contribution in [0.1, 0.15) is 19.8 Å². The average molecular weight is 297 g/mol. The Morgan fingerprint density at radius 1 is 1.33 bits per heavy atom. The van der Waals surface area contributed by atoms with Gasteiger partial charge in [0.2, 0.25) is 0 Å². The fourth-order valence-corrected chi connectivity index (χ4v) is 4.25. The topological polar surface area (TPSA) is 87.1 Å². The first kappa shape index (κ1) is 14.5. The maximum Gasteiger partial charge on any atom is 0.394 e. The summed E-state index contributed by atoms with van der Waals surface area (Å²) in [6.07, 6.45) is 2.74. The van der Waals surface area contributed by atoms with Gasteiger partial charge in [-0.25, -0.2) is 0 Å². The van der Waals surface area contributed by atoms with Crippen LogP contribution in [-0.2, 0) is 15.1 Å². The smallest absolute Gasteiger partial charge is 0.359 e. The van der Waals surface area contributed by atoms with E-state index in [-0.39, 0.29) is 5.60 Å². The van der Waals surface area contributed by atoms with Gasteiger partial charge in [0.15, 0.2) is 0 Å². The third-order valence-corrected chi connectivity index (χ3v) is 5.01. The van der Waals surface area contributed by atoms with Crippen LogP contribution >= 0.6 is 11.8 Å². The summed E-state index contributed by atoms with van der Waals surface area (Å²) in [5.41, 5.74) is 0.682. The van der Waals surface area contributed by atoms with Crippen LogP contribution in [-0.4, -0.2) is 58.8 Å². The normalized spacial score (nSPS) is 42.7. The summed E-state index contributed by atoms with van der Waals surface area (Å²) in [4.78, 5) is 2.58. The zero-order valence-electron chi connectivity index (χ0n) is 10.3. The Bertz CT molecular complexity index is 385. The molecule has 18 heavy (non-hydrogen) atoms. The molecular formula is C10H19NO5S2. The predicted octanol–water partition coefficient (Wildman–Crippen LogP) is 0.907. The van der Waals surface area contributed by atoms with E-state index in [1.54, 1.807) is 0 Å². The highest BCUT2D eigenvalue weighted by atomic mass is 32.3. The SMILES string of the molecule is C[C@@H]1O[C@@]2(CS1)CN1CCC2CC1.O=S(=O)(O)O. The molecule has 4 saturated heterocycles. The predicted molar refractivity (Wildman–Crippen MR) is 69.1 cm³/mol. The Morgan fingerprint density at radius 2 is 1.89 bits per heavy atom. The minimum atomic E-state index is -4.67. The summed E-state index contributed by atoms with van der Waals surface area (Å²) in [7, 11) is -4.67. The summed E-state index contributed by atoms with van der Waals surface area (Å²) in [5, 5.41) is 0. The minimum Gasteiger partial charge on any atom is -0.359 e. The van der Waals surface area contributed by atoms with Crippen LogP contribution in [0.2, 0.25) is 0 Å². The molecule has 0 amide bonds. The molecule has 0 aromatic rings. The highest BCUT2D eigenvalue weighted by Crippen LogP contribution is 2.46. The summed E-state index contributed by atoms with van der Waals surface area (Å²) in [6.45, 7) is 6.02. The van der Waals surface area contributed by atoms with Gasteiger partial charge in [-0.2, -0.15) is 8.42 Å². The Labute approximate surface area is 112 Å². The molecule has 4 fully saturated rings. The maximum atomic E-state index is 8.74. The lowest BCUT2D eigenvalue weighted by atomic mass is 9.76. The molecule has 4 rings (SSSR count). The van der Waals surface area contributed by atoms with Crippen molar-refractivity contribution in [1.82, 2.24) is 4.90 Å². The van der Waals surface area contributed by atoms with Crippen molar-refractivity contribution < 1.29 is 22.3 Å². The first-order valence-corrected chi connectivity index (χ1v) is 8.45. The molecule has 0 radical (unpaired) electrons. The van der Waals surface area contributed by atoms with Gasteiger partial charge in [-0.15, -0.1) is 11.8 Å². The van der Waals surface area contributed by atoms with Gasteiger partial charge in [-0.1, -0.05) is 0 Å². The highest BCUT2D eigenvalue weighted by Gasteiger charge is 2.51. The summed E-state index contributed by atoms with van der Waals surface area (Å²) < 4.78 is 37.7. The number of hydrogen-bond donors (Lipinski definition) is 2. The molecule has 0 aliphatic carbocycles. The third-order valence-electron chi connectivity index (χ3n) is 3.79. The highest BCUT2D eigenvalue weighted by molar-refractivity contribution is 8.00. The largest absolute Gasteiger partial charge is 0.394 e. The zero-order chi connectivity index (χ0) is 13.4. The van der Waals surface area contributed by atoms with Crippen molar-refractivity contribution in [2.75, 3.05) is 25.4 Å². The molecule has 2 N–H and O–H groups in total. The Kier molecular flexibility index (Phi) is 4.25. The summed E-state index contributed by atoms with van der Waals surface area (Å²) >= 11 is 1.99. The zero-order valence-corrected chi connectivity index (χ0v) is 11.9. The van der Waals surface area contributed by atoms with Gasteiger partial charge in [0.1, 0.15) is 5.44 Å². The number of nitrogens with zero attached hydrogens (tertiary/aromatic N) is 1. The van der Waals surface area contributed by atoms with E-state index in [1.165, 1.54) is 38.2 Å². The maximum absolute atomic E-state index is 8.74. The second-order valence-corrected chi connectivity index (χ2v) is 7.24. The van der Waals surface area contributed by atoms with Crippen molar-refractivity contribution >= 4 is 22.2 Å². The van der Waals surface area contributed by atoms with Gasteiger partial charge >= 0.3 is 10.4 Å². The van der Waals surface area contributed by atoms with Crippen LogP contribution in [0.25, 0.3) is 0 Å². The van der Waals surface area contributed by atoms with E-state index < -0.39 is 10.4 Å². The quantitative estimate of drug-likeness (QED) is 0.642. The molecule has 0 aromatic carbocycles. The Morgan fingerprint density at radius 3 is 2.22 bits per heavy atom. The molecule has 8 heteroatoms. The number of rotatable bonds is 0. The molecule has 4 heterocycles. The van der Waals surface area contributed by atoms with Crippen molar-refractivity contribution in [3.63, 3.8) is 0 Å². The van der Waals surface area contributed by atoms with Crippen molar-refractivity contribution in [1.29, 1.82) is 0 Å². The summed E-state index contributed by atoms with van der Waals surface area (Å²) in [5.74, 6) is 2.09. The molecule has 2 bridgehead atoms. The lowest BCUT2D eigenvalue weighted by Gasteiger charge is -2.50. The fraction of sp³-hybridized carbons (Fsp3) is 1.00. The van der Waals surface area contributed by atoms with E-state index in [1.807, 2.05) is 11.8 Å². The second-order valence-electron chi connectivity index (χ2n) is 5.06. The summed E-state index contributed by atoms with van der Waals surface area (Å²) in [6, 6.07) is 0. The fourth-order valence-electron chi connectivity index (χ4n) is 3.08. The van der Waals surface area contributed by atoms with Crippen LogP contribution in [0.3, 0.4) is 0 Å². The Balaban J connectivity index is 0.000000209. The van der Waals surface area contributed by atoms with E-state index >= 15 is 0 Å². The van der Waals surface area contributed by atoms with Gasteiger partial charge in [-0.3, -0.25) is 9.11 Å². The first-order valence-electron chi connectivity index (χ1n) is 6.00. The minimum absolute atomic E-state index is 0.251. The molecule has 2 atom stereocenters. The van der Waals surface area contributed by atoms with E-state index in [2.05, 4.69) is 11.8 Å². The average Bonchev–Trinajstić information content (AvgIpc) is 2.59. The van der Waals surface area contributed by atoms with E-state index in [0.29, 0.717) is 5.44 Å². The van der Waals surface area contributed by atoms with Crippen molar-refractivity contribution in [2.24, 2.45) is 5.92 Å². The van der Waals surface area contributed by atoms with Crippen molar-refractivity contribution in [3.05, 3.63) is 0 Å². The van der Waals surface area contributed by atoms with Crippen LogP contribution in [0.4, 0.5) is 0 Å². The van der Waals surface area contributed by atoms with Crippen LogP contribution in [0.15, 0.2) is 0 Å². The molecule has 106 valence electrons. The van der Waals surface area contributed by atoms with Gasteiger partial charge in [0.25, 0.3) is 0 Å². The standard InChI is InChI=1S/C10H17NOS.H2O4S/c1-8-12-10(7-13-8)6-11-4-2-9(10)3-5-11;1-5(2,3)4/h8-9H,2-7H2,1H3;(H2,1,2,3,4)/t8-,10-;/m1./s1. The van der Waals surface area contributed by atoms with Gasteiger partial charge in [0, 0.05) is 12.3 Å². The van der Waals surface area contributed by atoms with Crippen molar-refractivity contribution in [3.8, 4) is 0 Å². The van der Waals surface area contributed by atoms with Crippen LogP contribution in [0.5, 0.6) is 0 Å². The molecule has 0 unspecified atom stereocenters. The number of ether oxygens (including phenoxy) is 1. The monoisotopic (exact) mass is 297 g/mol. The van der Waals surface area contributed by atoms with Crippen molar-refractivity contribution in [2.45, 2.75) is 30.8 Å². The number of piperidine rings is 3. The van der Waals surface area contributed by atoms with E-state index in [0.717, 1.165) is 5.92 Å². The molecule has 4 aliphatic rings. The molecule has 0 aromatic heterocycles. The molecule has 1 spiro atoms. The Hall–Kier alpha value is 0.140. The number of thioether (sulfide) groups is 1. The number of fused-ring (bicyclic) bond motifs is 2. The molecule has 6 nitrogen and oxygen atoms in total. The van der Waals surface area contributed by atoms with Gasteiger partial charge in [-0.05, 0) is 38.8 Å². The second kappa shape index (κ2) is 5.26. The molecule has 0 saturated carbocycles. The lowest BCUT2D eigenvalue weighted by molar-refractivity contribution is -0.133. The van der Waals surface area contributed by atoms with Crippen LogP contribution in [0, 0.1) is 5.92 Å². The van der Waals surface area contributed by atoms with Gasteiger partial charge in [0.05, 0.1) is 5.60 Å². The molecule has 4 aliphatic heterocycles. The van der Waals surface area contributed by atoms with Gasteiger partial charge < -0.3 is 9.64 Å². The first-order chi connectivity index (χ1) is 8.28. The lowest BCUT2D eigenvalue weighted by Crippen LogP contribution is -2.60. The number of hydrogen-bond acceptors (Lipinski definition) is 5. The van der Waals surface area contributed by atoms with E-state index in [4.69, 9.17) is 22.3 Å².